The van der Waals surface area contributed by atoms with Gasteiger partial charge in [-0.1, -0.05) is 30.7 Å². The number of hydrogen-bond donors (Lipinski definition) is 1. The molecule has 1 N–H and O–H groups in total. The van der Waals surface area contributed by atoms with Crippen LogP contribution in [-0.2, 0) is 4.79 Å². The minimum Gasteiger partial charge on any atom is -0.618 e. The lowest BCUT2D eigenvalue weighted by Crippen LogP contribution is -2.33. The molecule has 8 nitrogen and oxygen atoms in total. The normalized spacial score (nSPS) is 15.4. The number of benzene rings is 3. The molecule has 0 saturated carbocycles. The van der Waals surface area contributed by atoms with E-state index in [1.54, 1.807) is 24.3 Å². The van der Waals surface area contributed by atoms with Crippen LogP contribution in [0.3, 0.4) is 0 Å². The molecule has 40 heavy (non-hydrogen) atoms. The Hall–Kier alpha value is -4.99. The Balaban J connectivity index is 1.43. The summed E-state index contributed by atoms with van der Waals surface area (Å²) in [6, 6.07) is 19.6. The quantitative estimate of drug-likeness (QED) is 0.240. The molecule has 3 aromatic carbocycles. The molecule has 0 saturated heterocycles. The lowest BCUT2D eigenvalue weighted by Gasteiger charge is -2.20. The highest BCUT2D eigenvalue weighted by Crippen LogP contribution is 2.36. The topological polar surface area (TPSA) is 99.6 Å². The van der Waals surface area contributed by atoms with E-state index in [9.17, 15) is 18.8 Å². The van der Waals surface area contributed by atoms with Gasteiger partial charge in [-0.3, -0.25) is 4.79 Å². The first-order valence-electron chi connectivity index (χ1n) is 12.9. The maximum absolute atomic E-state index is 14.2. The number of nitrogens with one attached hydrogen (secondary N) is 1. The smallest absolute Gasteiger partial charge is 0.224 e. The van der Waals surface area contributed by atoms with Crippen LogP contribution in [0.5, 0.6) is 0 Å². The monoisotopic (exact) mass is 538 g/mol. The molecule has 6 rings (SSSR count). The molecule has 0 fully saturated rings. The Kier molecular flexibility index (Phi) is 6.73. The second-order valence-electron chi connectivity index (χ2n) is 9.75. The minimum absolute atomic E-state index is 0.141. The van der Waals surface area contributed by atoms with E-state index in [1.165, 1.54) is 41.5 Å². The van der Waals surface area contributed by atoms with Gasteiger partial charge in [0.05, 0.1) is 11.6 Å². The Labute approximate surface area is 228 Å². The fourth-order valence-corrected chi connectivity index (χ4v) is 5.25. The van der Waals surface area contributed by atoms with Crippen LogP contribution in [0, 0.1) is 16.8 Å². The van der Waals surface area contributed by atoms with Crippen LogP contribution in [0.4, 0.5) is 14.5 Å². The van der Waals surface area contributed by atoms with Crippen LogP contribution in [-0.4, -0.2) is 26.1 Å². The van der Waals surface area contributed by atoms with Gasteiger partial charge in [-0.25, -0.2) is 8.78 Å². The number of anilines is 1. The lowest BCUT2D eigenvalue weighted by molar-refractivity contribution is -0.614. The van der Waals surface area contributed by atoms with Crippen LogP contribution < -0.4 is 10.0 Å². The zero-order valence-corrected chi connectivity index (χ0v) is 21.3. The van der Waals surface area contributed by atoms with E-state index >= 15 is 0 Å². The fraction of sp³-hybridized carbons (Fsp3) is 0.167. The van der Waals surface area contributed by atoms with E-state index in [4.69, 9.17) is 0 Å². The van der Waals surface area contributed by atoms with E-state index in [0.29, 0.717) is 59.4 Å². The molecule has 0 unspecified atom stereocenters. The third kappa shape index (κ3) is 5.03. The van der Waals surface area contributed by atoms with Gasteiger partial charge in [0.15, 0.2) is 11.9 Å². The molecule has 5 aromatic rings. The number of rotatable bonds is 3. The maximum atomic E-state index is 14.2. The summed E-state index contributed by atoms with van der Waals surface area (Å²) in [5.74, 6) is -1.28. The molecule has 2 bridgehead atoms. The molecule has 1 atom stereocenters. The van der Waals surface area contributed by atoms with Crippen molar-refractivity contribution < 1.29 is 18.3 Å². The second-order valence-corrected chi connectivity index (χ2v) is 9.75. The van der Waals surface area contributed by atoms with Crippen LogP contribution in [0.1, 0.15) is 42.9 Å². The summed E-state index contributed by atoms with van der Waals surface area (Å²) in [6.07, 6.45) is 5.12. The standard InChI is InChI=1S/C30H24F2N6O2/c31-22-9-11-27-25(15-22)20-5-3-4-19(14-20)24(6-1-2-7-30(39)34-27)29-12-8-21(17-38(29)40)26-16-23(32)10-13-28(26)37-18-33-35-36-37/h3-5,8-18,24H,1-2,6-7H2,(H,34,39)/t24-/m0/s1. The molecule has 10 heteroatoms. The predicted octanol–water partition coefficient (Wildman–Crippen LogP) is 5.55. The third-order valence-corrected chi connectivity index (χ3v) is 7.17. The first-order valence-corrected chi connectivity index (χ1v) is 12.9. The van der Waals surface area contributed by atoms with Crippen LogP contribution in [0.25, 0.3) is 27.9 Å². The zero-order chi connectivity index (χ0) is 27.6. The molecule has 1 amide bonds. The highest BCUT2D eigenvalue weighted by Gasteiger charge is 2.25. The van der Waals surface area contributed by atoms with Crippen molar-refractivity contribution in [3.63, 3.8) is 0 Å². The average molecular weight is 539 g/mol. The second kappa shape index (κ2) is 10.6. The fourth-order valence-electron chi connectivity index (χ4n) is 5.25. The summed E-state index contributed by atoms with van der Waals surface area (Å²) in [5, 5.41) is 27.6. The van der Waals surface area contributed by atoms with Gasteiger partial charge in [-0.05, 0) is 76.9 Å². The van der Waals surface area contributed by atoms with E-state index in [2.05, 4.69) is 20.8 Å². The summed E-state index contributed by atoms with van der Waals surface area (Å²) in [6.45, 7) is 0. The van der Waals surface area contributed by atoms with Crippen molar-refractivity contribution in [2.24, 2.45) is 0 Å². The van der Waals surface area contributed by atoms with Gasteiger partial charge in [-0.2, -0.15) is 9.41 Å². The molecule has 1 aliphatic heterocycles. The molecule has 1 aliphatic rings. The van der Waals surface area contributed by atoms with Crippen molar-refractivity contribution in [2.45, 2.75) is 31.6 Å². The number of carbonyl (C=O) groups is 1. The minimum atomic E-state index is -0.453. The number of aromatic nitrogens is 5. The largest absolute Gasteiger partial charge is 0.618 e. The van der Waals surface area contributed by atoms with E-state index in [1.807, 2.05) is 24.3 Å². The van der Waals surface area contributed by atoms with Gasteiger partial charge in [0, 0.05) is 34.9 Å². The van der Waals surface area contributed by atoms with Crippen LogP contribution in [0.15, 0.2) is 85.3 Å². The van der Waals surface area contributed by atoms with Gasteiger partial charge < -0.3 is 10.5 Å². The number of tetrazole rings is 1. The summed E-state index contributed by atoms with van der Waals surface area (Å²) in [7, 11) is 0. The number of fused-ring (bicyclic) bond motifs is 4. The van der Waals surface area contributed by atoms with Gasteiger partial charge in [0.1, 0.15) is 18.0 Å². The molecular weight excluding hydrogens is 514 g/mol. The summed E-state index contributed by atoms with van der Waals surface area (Å²) < 4.78 is 30.7. The average Bonchev–Trinajstić information content (AvgIpc) is 3.49. The number of nitrogens with zero attached hydrogens (tertiary/aromatic N) is 5. The van der Waals surface area contributed by atoms with Crippen molar-refractivity contribution in [1.82, 2.24) is 20.2 Å². The molecule has 0 spiro atoms. The van der Waals surface area contributed by atoms with Crippen molar-refractivity contribution in [1.29, 1.82) is 0 Å². The molecule has 0 aliphatic carbocycles. The Bertz CT molecular complexity index is 1710. The van der Waals surface area contributed by atoms with Crippen molar-refractivity contribution >= 4 is 11.6 Å². The summed E-state index contributed by atoms with van der Waals surface area (Å²) >= 11 is 0. The van der Waals surface area contributed by atoms with Crippen molar-refractivity contribution in [3.8, 4) is 27.9 Å². The van der Waals surface area contributed by atoms with Crippen molar-refractivity contribution in [3.05, 3.63) is 113 Å². The zero-order valence-electron chi connectivity index (χ0n) is 21.3. The first kappa shape index (κ1) is 25.3. The highest BCUT2D eigenvalue weighted by molar-refractivity contribution is 5.95. The lowest BCUT2D eigenvalue weighted by atomic mass is 9.87. The van der Waals surface area contributed by atoms with Gasteiger partial charge in [0.25, 0.3) is 0 Å². The number of hydrogen-bond acceptors (Lipinski definition) is 5. The van der Waals surface area contributed by atoms with Crippen LogP contribution in [0.2, 0.25) is 0 Å². The highest BCUT2D eigenvalue weighted by atomic mass is 19.1. The van der Waals surface area contributed by atoms with Gasteiger partial charge in [0.2, 0.25) is 5.91 Å². The Morgan fingerprint density at radius 1 is 0.925 bits per heavy atom. The molecule has 0 radical (unpaired) electrons. The van der Waals surface area contributed by atoms with Crippen molar-refractivity contribution in [2.75, 3.05) is 5.32 Å². The van der Waals surface area contributed by atoms with Crippen LogP contribution >= 0.6 is 0 Å². The first-order chi connectivity index (χ1) is 19.5. The summed E-state index contributed by atoms with van der Waals surface area (Å²) in [5.41, 5.74) is 4.76. The molecule has 3 heterocycles. The Morgan fingerprint density at radius 2 is 1.75 bits per heavy atom. The number of carbonyl (C=O) groups excluding carboxylic acids is 1. The number of amides is 1. The van der Waals surface area contributed by atoms with Gasteiger partial charge >= 0.3 is 0 Å². The molecule has 2 aromatic heterocycles. The third-order valence-electron chi connectivity index (χ3n) is 7.17. The Morgan fingerprint density at radius 3 is 2.55 bits per heavy atom. The summed E-state index contributed by atoms with van der Waals surface area (Å²) in [4.78, 5) is 12.6. The predicted molar refractivity (Wildman–Crippen MR) is 144 cm³/mol. The molecule has 200 valence electrons. The molecular formula is C30H24F2N6O2. The number of halogens is 2. The SMILES string of the molecule is O=C1CCCC[C@H](c2ccc(-c3cc(F)ccc3-n3cnnn3)c[n+]2[O-])c2cccc(c2)-c2cc(F)ccc2N1. The van der Waals surface area contributed by atoms with Gasteiger partial charge in [-0.15, -0.1) is 5.10 Å². The van der Waals surface area contributed by atoms with E-state index in [0.717, 1.165) is 15.9 Å². The van der Waals surface area contributed by atoms with E-state index in [-0.39, 0.29) is 11.8 Å². The van der Waals surface area contributed by atoms with E-state index < -0.39 is 11.6 Å². The number of pyridine rings is 1. The maximum Gasteiger partial charge on any atom is 0.224 e.